The number of nitrogens with two attached hydrogens (primary N) is 1. The van der Waals surface area contributed by atoms with Crippen molar-refractivity contribution in [3.05, 3.63) is 46.2 Å². The largest absolute Gasteiger partial charge is 0.399 e. The Morgan fingerprint density at radius 3 is 2.42 bits per heavy atom. The predicted octanol–water partition coefficient (Wildman–Crippen LogP) is 2.60. The van der Waals surface area contributed by atoms with Gasteiger partial charge in [0.05, 0.1) is 16.4 Å². The molecule has 0 fully saturated rings. The summed E-state index contributed by atoms with van der Waals surface area (Å²) in [6.45, 7) is 3.53. The molecule has 0 aliphatic rings. The first-order valence-corrected chi connectivity index (χ1v) is 6.56. The highest BCUT2D eigenvalue weighted by molar-refractivity contribution is 6.31. The van der Waals surface area contributed by atoms with Crippen molar-refractivity contribution in [2.75, 3.05) is 12.8 Å². The molecule has 0 saturated heterocycles. The summed E-state index contributed by atoms with van der Waals surface area (Å²) >= 11 is 6.26. The highest BCUT2D eigenvalue weighted by atomic mass is 35.5. The fraction of sp³-hybridized carbons (Fsp3) is 0.357. The zero-order valence-electron chi connectivity index (χ0n) is 11.5. The minimum absolute atomic E-state index is 0.756. The standard InChI is InChI=1S/C14H19ClN4/c1-10-14(15)13(19(3)17-10)9-18(2)8-11-4-6-12(16)7-5-11/h4-7H,8-9,16H2,1-3H3. The van der Waals surface area contributed by atoms with E-state index in [1.807, 2.05) is 42.9 Å². The molecular weight excluding hydrogens is 260 g/mol. The lowest BCUT2D eigenvalue weighted by Crippen LogP contribution is -2.19. The van der Waals surface area contributed by atoms with E-state index in [4.69, 9.17) is 17.3 Å². The molecule has 1 heterocycles. The molecule has 5 heteroatoms. The Morgan fingerprint density at radius 1 is 1.26 bits per heavy atom. The lowest BCUT2D eigenvalue weighted by molar-refractivity contribution is 0.309. The molecule has 0 atom stereocenters. The van der Waals surface area contributed by atoms with Crippen LogP contribution in [0.3, 0.4) is 0 Å². The van der Waals surface area contributed by atoms with Crippen molar-refractivity contribution >= 4 is 17.3 Å². The van der Waals surface area contributed by atoms with Crippen LogP contribution in [0.1, 0.15) is 17.0 Å². The third-order valence-corrected chi connectivity index (χ3v) is 3.61. The number of nitrogens with zero attached hydrogens (tertiary/aromatic N) is 3. The van der Waals surface area contributed by atoms with Crippen molar-refractivity contribution in [1.82, 2.24) is 14.7 Å². The second kappa shape index (κ2) is 5.63. The maximum Gasteiger partial charge on any atom is 0.0860 e. The molecule has 0 bridgehead atoms. The van der Waals surface area contributed by atoms with Gasteiger partial charge in [-0.25, -0.2) is 0 Å². The summed E-state index contributed by atoms with van der Waals surface area (Å²) in [5.74, 6) is 0. The van der Waals surface area contributed by atoms with Gasteiger partial charge in [-0.15, -0.1) is 0 Å². The van der Waals surface area contributed by atoms with Crippen molar-refractivity contribution in [3.63, 3.8) is 0 Å². The summed E-state index contributed by atoms with van der Waals surface area (Å²) in [4.78, 5) is 2.20. The van der Waals surface area contributed by atoms with E-state index < -0.39 is 0 Å². The number of benzene rings is 1. The number of anilines is 1. The van der Waals surface area contributed by atoms with Gasteiger partial charge in [0.15, 0.2) is 0 Å². The van der Waals surface area contributed by atoms with Gasteiger partial charge in [-0.1, -0.05) is 23.7 Å². The van der Waals surface area contributed by atoms with Crippen LogP contribution in [0.2, 0.25) is 5.02 Å². The van der Waals surface area contributed by atoms with Crippen LogP contribution in [-0.2, 0) is 20.1 Å². The van der Waals surface area contributed by atoms with Crippen molar-refractivity contribution in [1.29, 1.82) is 0 Å². The summed E-state index contributed by atoms with van der Waals surface area (Å²) < 4.78 is 1.84. The molecule has 0 aliphatic carbocycles. The van der Waals surface area contributed by atoms with E-state index in [9.17, 15) is 0 Å². The topological polar surface area (TPSA) is 47.1 Å². The van der Waals surface area contributed by atoms with Crippen molar-refractivity contribution < 1.29 is 0 Å². The minimum Gasteiger partial charge on any atom is -0.399 e. The second-order valence-electron chi connectivity index (χ2n) is 4.88. The molecule has 0 amide bonds. The third kappa shape index (κ3) is 3.28. The molecule has 0 unspecified atom stereocenters. The van der Waals surface area contributed by atoms with Gasteiger partial charge in [0, 0.05) is 25.8 Å². The maximum atomic E-state index is 6.26. The molecule has 102 valence electrons. The van der Waals surface area contributed by atoms with Crippen LogP contribution in [0, 0.1) is 6.92 Å². The molecule has 0 radical (unpaired) electrons. The average molecular weight is 279 g/mol. The van der Waals surface area contributed by atoms with E-state index in [0.29, 0.717) is 0 Å². The zero-order valence-corrected chi connectivity index (χ0v) is 12.3. The molecule has 4 nitrogen and oxygen atoms in total. The fourth-order valence-corrected chi connectivity index (χ4v) is 2.32. The van der Waals surface area contributed by atoms with Gasteiger partial charge in [-0.2, -0.15) is 5.10 Å². The van der Waals surface area contributed by atoms with E-state index in [2.05, 4.69) is 17.0 Å². The van der Waals surface area contributed by atoms with Crippen molar-refractivity contribution in [2.45, 2.75) is 20.0 Å². The Morgan fingerprint density at radius 2 is 1.89 bits per heavy atom. The normalized spacial score (nSPS) is 11.2. The lowest BCUT2D eigenvalue weighted by Gasteiger charge is -2.17. The number of halogens is 1. The number of nitrogen functional groups attached to an aromatic ring is 1. The monoisotopic (exact) mass is 278 g/mol. The van der Waals surface area contributed by atoms with Gasteiger partial charge in [-0.05, 0) is 31.7 Å². The highest BCUT2D eigenvalue weighted by Gasteiger charge is 2.13. The summed E-state index contributed by atoms with van der Waals surface area (Å²) in [5, 5.41) is 5.08. The summed E-state index contributed by atoms with van der Waals surface area (Å²) in [7, 11) is 3.99. The Balaban J connectivity index is 2.05. The van der Waals surface area contributed by atoms with Gasteiger partial charge in [0.25, 0.3) is 0 Å². The van der Waals surface area contributed by atoms with Gasteiger partial charge in [0.2, 0.25) is 0 Å². The summed E-state index contributed by atoms with van der Waals surface area (Å²) in [6, 6.07) is 7.93. The molecule has 0 aliphatic heterocycles. The van der Waals surface area contributed by atoms with E-state index in [-0.39, 0.29) is 0 Å². The van der Waals surface area contributed by atoms with Crippen LogP contribution in [-0.4, -0.2) is 21.7 Å². The fourth-order valence-electron chi connectivity index (χ4n) is 2.10. The van der Waals surface area contributed by atoms with Crippen molar-refractivity contribution in [3.8, 4) is 0 Å². The van der Waals surface area contributed by atoms with Gasteiger partial charge >= 0.3 is 0 Å². The molecule has 0 saturated carbocycles. The van der Waals surface area contributed by atoms with Crippen molar-refractivity contribution in [2.24, 2.45) is 7.05 Å². The second-order valence-corrected chi connectivity index (χ2v) is 5.26. The average Bonchev–Trinajstić information content (AvgIpc) is 2.59. The van der Waals surface area contributed by atoms with Gasteiger partial charge in [-0.3, -0.25) is 9.58 Å². The molecular formula is C14H19ClN4. The first-order valence-electron chi connectivity index (χ1n) is 6.18. The molecule has 1 aromatic heterocycles. The molecule has 1 aromatic carbocycles. The summed E-state index contributed by atoms with van der Waals surface area (Å²) in [6.07, 6.45) is 0. The SMILES string of the molecule is Cc1nn(C)c(CN(C)Cc2ccc(N)cc2)c1Cl. The van der Waals surface area contributed by atoms with Crippen LogP contribution in [0.4, 0.5) is 5.69 Å². The molecule has 2 rings (SSSR count). The zero-order chi connectivity index (χ0) is 14.0. The van der Waals surface area contributed by atoms with Gasteiger partial charge in [0.1, 0.15) is 0 Å². The number of hydrogen-bond donors (Lipinski definition) is 1. The highest BCUT2D eigenvalue weighted by Crippen LogP contribution is 2.21. The molecule has 19 heavy (non-hydrogen) atoms. The quantitative estimate of drug-likeness (QED) is 0.875. The molecule has 2 aromatic rings. The van der Waals surface area contributed by atoms with Crippen LogP contribution < -0.4 is 5.73 Å². The minimum atomic E-state index is 0.756. The Kier molecular flexibility index (Phi) is 4.12. The van der Waals surface area contributed by atoms with Crippen LogP contribution in [0.5, 0.6) is 0 Å². The van der Waals surface area contributed by atoms with E-state index in [1.165, 1.54) is 5.56 Å². The first kappa shape index (κ1) is 13.9. The predicted molar refractivity (Wildman–Crippen MR) is 79.0 cm³/mol. The van der Waals surface area contributed by atoms with Crippen LogP contribution in [0.25, 0.3) is 0 Å². The van der Waals surface area contributed by atoms with E-state index in [1.54, 1.807) is 0 Å². The van der Waals surface area contributed by atoms with Gasteiger partial charge < -0.3 is 5.73 Å². The smallest absolute Gasteiger partial charge is 0.0860 e. The maximum absolute atomic E-state index is 6.26. The Hall–Kier alpha value is -1.52. The summed E-state index contributed by atoms with van der Waals surface area (Å²) in [5.41, 5.74) is 9.61. The van der Waals surface area contributed by atoms with Crippen LogP contribution >= 0.6 is 11.6 Å². The number of aromatic nitrogens is 2. The van der Waals surface area contributed by atoms with Crippen LogP contribution in [0.15, 0.2) is 24.3 Å². The lowest BCUT2D eigenvalue weighted by atomic mass is 10.2. The Bertz CT molecular complexity index is 560. The van der Waals surface area contributed by atoms with E-state index >= 15 is 0 Å². The third-order valence-electron chi connectivity index (χ3n) is 3.11. The molecule has 0 spiro atoms. The number of hydrogen-bond acceptors (Lipinski definition) is 3. The Labute approximate surface area is 118 Å². The number of rotatable bonds is 4. The van der Waals surface area contributed by atoms with E-state index in [0.717, 1.165) is 35.2 Å². The molecule has 2 N–H and O–H groups in total. The number of aryl methyl sites for hydroxylation is 2. The first-order chi connectivity index (χ1) is 8.97.